The lowest BCUT2D eigenvalue weighted by Gasteiger charge is -2.35. The summed E-state index contributed by atoms with van der Waals surface area (Å²) in [6.07, 6.45) is 9.71. The van der Waals surface area contributed by atoms with E-state index in [0.717, 1.165) is 22.9 Å². The number of anilines is 1. The van der Waals surface area contributed by atoms with Crippen LogP contribution >= 0.6 is 0 Å². The fourth-order valence-electron chi connectivity index (χ4n) is 7.16. The van der Waals surface area contributed by atoms with Gasteiger partial charge in [-0.05, 0) is 59.6 Å². The first-order chi connectivity index (χ1) is 24.9. The second-order valence-electron chi connectivity index (χ2n) is 13.4. The minimum atomic E-state index is -0.484. The van der Waals surface area contributed by atoms with Crippen LogP contribution in [0.25, 0.3) is 27.6 Å². The van der Waals surface area contributed by atoms with E-state index in [1.54, 1.807) is 32.9 Å². The lowest BCUT2D eigenvalue weighted by Crippen LogP contribution is -2.49. The number of aromatic nitrogens is 5. The van der Waals surface area contributed by atoms with E-state index in [4.69, 9.17) is 4.74 Å². The number of amides is 2. The number of aromatic amines is 1. The third-order valence-electron chi connectivity index (χ3n) is 10.1. The van der Waals surface area contributed by atoms with E-state index >= 15 is 4.39 Å². The molecule has 5 aromatic rings. The zero-order chi connectivity index (χ0) is 35.1. The lowest BCUT2D eigenvalue weighted by atomic mass is 9.92. The average Bonchev–Trinajstić information content (AvgIpc) is 3.69. The van der Waals surface area contributed by atoms with Crippen molar-refractivity contribution in [2.75, 3.05) is 51.3 Å². The first-order valence-electron chi connectivity index (χ1n) is 17.4. The molecule has 1 N–H and O–H groups in total. The third kappa shape index (κ3) is 6.55. The summed E-state index contributed by atoms with van der Waals surface area (Å²) in [7, 11) is 1.47. The van der Waals surface area contributed by atoms with Gasteiger partial charge < -0.3 is 24.4 Å². The molecule has 3 aromatic heterocycles. The highest BCUT2D eigenvalue weighted by molar-refractivity contribution is 6.04. The Balaban J connectivity index is 1.08. The predicted octanol–water partition coefficient (Wildman–Crippen LogP) is 5.65. The van der Waals surface area contributed by atoms with E-state index in [9.17, 15) is 14.0 Å². The van der Waals surface area contributed by atoms with Crippen molar-refractivity contribution in [3.8, 4) is 16.9 Å². The molecule has 262 valence electrons. The van der Waals surface area contributed by atoms with E-state index in [2.05, 4.69) is 44.5 Å². The van der Waals surface area contributed by atoms with Crippen LogP contribution in [0.5, 0.6) is 5.75 Å². The van der Waals surface area contributed by atoms with Crippen LogP contribution < -0.4 is 9.64 Å². The maximum absolute atomic E-state index is 16.7. The number of nitrogens with zero attached hydrogens (tertiary/aromatic N) is 7. The molecular weight excluding hydrogens is 654 g/mol. The van der Waals surface area contributed by atoms with Gasteiger partial charge in [-0.15, -0.1) is 5.10 Å². The highest BCUT2D eigenvalue weighted by Gasteiger charge is 2.29. The van der Waals surface area contributed by atoms with Gasteiger partial charge in [0.2, 0.25) is 5.91 Å². The minimum Gasteiger partial charge on any atom is -0.493 e. The van der Waals surface area contributed by atoms with Crippen LogP contribution in [0.1, 0.15) is 53.2 Å². The maximum Gasteiger partial charge on any atom is 0.270 e. The summed E-state index contributed by atoms with van der Waals surface area (Å²) < 4.78 is 37.4. The summed E-state index contributed by atoms with van der Waals surface area (Å²) in [6.45, 7) is 2.99. The molecule has 0 unspecified atom stereocenters. The van der Waals surface area contributed by atoms with Gasteiger partial charge in [0.1, 0.15) is 11.5 Å². The molecule has 51 heavy (non-hydrogen) atoms. The first kappa shape index (κ1) is 32.6. The van der Waals surface area contributed by atoms with E-state index in [0.29, 0.717) is 79.8 Å². The van der Waals surface area contributed by atoms with Crippen LogP contribution in [-0.4, -0.2) is 93.0 Å². The van der Waals surface area contributed by atoms with Crippen molar-refractivity contribution in [2.45, 2.75) is 38.1 Å². The molecule has 2 aliphatic heterocycles. The molecule has 2 aromatic carbocycles. The van der Waals surface area contributed by atoms with Gasteiger partial charge in [-0.3, -0.25) is 14.3 Å². The largest absolute Gasteiger partial charge is 0.493 e. The zero-order valence-corrected chi connectivity index (χ0v) is 28.3. The molecule has 1 aliphatic carbocycles. The van der Waals surface area contributed by atoms with E-state index in [-0.39, 0.29) is 30.3 Å². The number of aryl methyl sites for hydroxylation is 1. The number of hydrogen-bond donors (Lipinski definition) is 1. The molecule has 0 spiro atoms. The summed E-state index contributed by atoms with van der Waals surface area (Å²) in [5.41, 5.74) is 4.73. The number of rotatable bonds is 9. The van der Waals surface area contributed by atoms with Gasteiger partial charge >= 0.3 is 0 Å². The standard InChI is InChI=1S/C38H38F2N8O3/c1-51-33-19-28(39)22-41-37(33)45-15-17-46(18-16-45)38(50)32-21-31-29(26-8-6-25(7-9-26)24-4-5-24)20-30(35(40)36(31)43-32)27-3-2-12-47(23-27)34(49)10-13-48-14-11-42-44-48/h3,6-9,11,14,19-22,24,43H,2,4-5,10,12-13,15-18,23H2,1H3. The number of ether oxygens (including phenoxy) is 1. The normalized spacial score (nSPS) is 16.5. The minimum absolute atomic E-state index is 0.0324. The first-order valence-corrected chi connectivity index (χ1v) is 17.4. The highest BCUT2D eigenvalue weighted by Crippen LogP contribution is 2.42. The molecule has 13 heteroatoms. The van der Waals surface area contributed by atoms with Crippen LogP contribution in [0.3, 0.4) is 0 Å². The van der Waals surface area contributed by atoms with Gasteiger partial charge in [-0.2, -0.15) is 0 Å². The van der Waals surface area contributed by atoms with E-state index in [1.165, 1.54) is 31.6 Å². The van der Waals surface area contributed by atoms with Gasteiger partial charge in [0, 0.05) is 68.9 Å². The third-order valence-corrected chi connectivity index (χ3v) is 10.1. The smallest absolute Gasteiger partial charge is 0.270 e. The van der Waals surface area contributed by atoms with Crippen LogP contribution in [-0.2, 0) is 11.3 Å². The Kier molecular flexibility index (Phi) is 8.70. The Morgan fingerprint density at radius 1 is 0.980 bits per heavy atom. The number of carbonyl (C=O) groups excluding carboxylic acids is 2. The van der Waals surface area contributed by atoms with E-state index < -0.39 is 11.6 Å². The number of H-pyrrole nitrogens is 1. The molecule has 0 atom stereocenters. The Bertz CT molecular complexity index is 2120. The number of methoxy groups -OCH3 is 1. The SMILES string of the molecule is COc1cc(F)cnc1N1CCN(C(=O)c2cc3c(-c4ccc(C5CC5)cc4)cc(C4=CCCN(C(=O)CCn5ccnn5)C4)c(F)c3[nH]2)CC1. The number of pyridine rings is 1. The molecule has 0 bridgehead atoms. The van der Waals surface area contributed by atoms with Gasteiger partial charge in [0.15, 0.2) is 17.4 Å². The summed E-state index contributed by atoms with van der Waals surface area (Å²) >= 11 is 0. The van der Waals surface area contributed by atoms with Crippen LogP contribution in [0.2, 0.25) is 0 Å². The van der Waals surface area contributed by atoms with Crippen molar-refractivity contribution in [3.63, 3.8) is 0 Å². The van der Waals surface area contributed by atoms with Crippen molar-refractivity contribution in [1.29, 1.82) is 0 Å². The molecule has 2 amide bonds. The van der Waals surface area contributed by atoms with Crippen molar-refractivity contribution in [1.82, 2.24) is 34.8 Å². The number of halogens is 2. The Hall–Kier alpha value is -5.59. The van der Waals surface area contributed by atoms with Crippen molar-refractivity contribution in [3.05, 3.63) is 95.6 Å². The second kappa shape index (κ2) is 13.6. The summed E-state index contributed by atoms with van der Waals surface area (Å²) in [4.78, 5) is 39.9. The Labute approximate surface area is 293 Å². The fraction of sp³-hybridized carbons (Fsp3) is 0.342. The van der Waals surface area contributed by atoms with Gasteiger partial charge in [-0.25, -0.2) is 13.8 Å². The van der Waals surface area contributed by atoms with Crippen LogP contribution in [0.15, 0.2) is 67.1 Å². The van der Waals surface area contributed by atoms with Gasteiger partial charge in [0.05, 0.1) is 31.6 Å². The summed E-state index contributed by atoms with van der Waals surface area (Å²) in [6, 6.07) is 13.3. The number of benzene rings is 2. The highest BCUT2D eigenvalue weighted by atomic mass is 19.1. The van der Waals surface area contributed by atoms with Crippen molar-refractivity contribution >= 4 is 34.1 Å². The fourth-order valence-corrected chi connectivity index (χ4v) is 7.16. The maximum atomic E-state index is 16.7. The number of carbonyl (C=O) groups is 2. The lowest BCUT2D eigenvalue weighted by molar-refractivity contribution is -0.131. The molecule has 0 radical (unpaired) electrons. The number of piperazine rings is 1. The number of fused-ring (bicyclic) bond motifs is 1. The quantitative estimate of drug-likeness (QED) is 0.212. The molecule has 1 saturated heterocycles. The van der Waals surface area contributed by atoms with Crippen molar-refractivity contribution < 1.29 is 23.1 Å². The van der Waals surface area contributed by atoms with Crippen LogP contribution in [0, 0.1) is 11.6 Å². The Morgan fingerprint density at radius 2 is 1.78 bits per heavy atom. The van der Waals surface area contributed by atoms with Crippen molar-refractivity contribution in [2.24, 2.45) is 0 Å². The zero-order valence-electron chi connectivity index (χ0n) is 28.3. The van der Waals surface area contributed by atoms with Gasteiger partial charge in [0.25, 0.3) is 5.91 Å². The average molecular weight is 693 g/mol. The number of hydrogen-bond acceptors (Lipinski definition) is 7. The summed E-state index contributed by atoms with van der Waals surface area (Å²) in [5.74, 6) is 0.251. The van der Waals surface area contributed by atoms with E-state index in [1.807, 2.05) is 17.0 Å². The van der Waals surface area contributed by atoms with Crippen LogP contribution in [0.4, 0.5) is 14.6 Å². The molecule has 3 aliphatic rings. The van der Waals surface area contributed by atoms with Gasteiger partial charge in [-0.1, -0.05) is 35.6 Å². The molecule has 8 rings (SSSR count). The Morgan fingerprint density at radius 3 is 2.51 bits per heavy atom. The molecule has 2 fully saturated rings. The summed E-state index contributed by atoms with van der Waals surface area (Å²) in [5, 5.41) is 8.37. The predicted molar refractivity (Wildman–Crippen MR) is 188 cm³/mol. The second-order valence-corrected chi connectivity index (χ2v) is 13.4. The molecule has 5 heterocycles. The molecule has 1 saturated carbocycles. The molecular formula is C38H38F2N8O3. The topological polar surface area (TPSA) is 112 Å². The molecule has 11 nitrogen and oxygen atoms in total. The monoisotopic (exact) mass is 692 g/mol. The number of nitrogens with one attached hydrogen (secondary N) is 1.